The molecule has 0 saturated carbocycles. The standard InChI is InChI=1S/C10H12FNO2.ClH/c1-13-6-4-7-9(12)2-3-14-10(7)8(11)5-6;/h4-5,9H,2-3,12H2,1H3;1H/t9-;/m0./s1. The van der Waals surface area contributed by atoms with Crippen LogP contribution in [0.4, 0.5) is 4.39 Å². The molecule has 0 saturated heterocycles. The molecule has 3 nitrogen and oxygen atoms in total. The van der Waals surface area contributed by atoms with Crippen LogP contribution in [0, 0.1) is 5.82 Å². The summed E-state index contributed by atoms with van der Waals surface area (Å²) in [6.07, 6.45) is 0.708. The monoisotopic (exact) mass is 233 g/mol. The largest absolute Gasteiger partial charge is 0.497 e. The molecule has 1 aliphatic rings. The van der Waals surface area contributed by atoms with Gasteiger partial charge in [0.25, 0.3) is 0 Å². The average molecular weight is 234 g/mol. The minimum Gasteiger partial charge on any atom is -0.497 e. The minimum atomic E-state index is -0.408. The molecule has 1 aliphatic heterocycles. The number of methoxy groups -OCH3 is 1. The molecule has 0 aliphatic carbocycles. The maximum absolute atomic E-state index is 13.4. The van der Waals surface area contributed by atoms with Crippen LogP contribution in [-0.2, 0) is 0 Å². The molecule has 0 radical (unpaired) electrons. The highest BCUT2D eigenvalue weighted by molar-refractivity contribution is 5.85. The summed E-state index contributed by atoms with van der Waals surface area (Å²) < 4.78 is 23.6. The summed E-state index contributed by atoms with van der Waals surface area (Å²) in [5, 5.41) is 0. The summed E-state index contributed by atoms with van der Waals surface area (Å²) in [5.41, 5.74) is 6.52. The fourth-order valence-electron chi connectivity index (χ4n) is 1.58. The second-order valence-corrected chi connectivity index (χ2v) is 3.27. The van der Waals surface area contributed by atoms with Gasteiger partial charge >= 0.3 is 0 Å². The number of benzene rings is 1. The van der Waals surface area contributed by atoms with Gasteiger partial charge in [0.15, 0.2) is 11.6 Å². The Morgan fingerprint density at radius 2 is 2.27 bits per heavy atom. The Labute approximate surface area is 93.8 Å². The lowest BCUT2D eigenvalue weighted by atomic mass is 10.0. The Morgan fingerprint density at radius 3 is 2.93 bits per heavy atom. The number of rotatable bonds is 1. The van der Waals surface area contributed by atoms with Crippen LogP contribution in [0.15, 0.2) is 12.1 Å². The first-order chi connectivity index (χ1) is 6.72. The van der Waals surface area contributed by atoms with E-state index in [1.165, 1.54) is 13.2 Å². The number of hydrogen-bond acceptors (Lipinski definition) is 3. The predicted molar refractivity (Wildman–Crippen MR) is 57.2 cm³/mol. The molecule has 1 aromatic rings. The first-order valence-electron chi connectivity index (χ1n) is 4.48. The maximum Gasteiger partial charge on any atom is 0.169 e. The van der Waals surface area contributed by atoms with E-state index in [1.54, 1.807) is 6.07 Å². The van der Waals surface area contributed by atoms with Crippen LogP contribution in [-0.4, -0.2) is 13.7 Å². The molecule has 0 unspecified atom stereocenters. The van der Waals surface area contributed by atoms with Crippen LogP contribution in [0.5, 0.6) is 11.5 Å². The van der Waals surface area contributed by atoms with Crippen LogP contribution in [0.3, 0.4) is 0 Å². The third-order valence-corrected chi connectivity index (χ3v) is 2.36. The minimum absolute atomic E-state index is 0. The number of nitrogens with two attached hydrogens (primary N) is 1. The zero-order valence-corrected chi connectivity index (χ0v) is 9.14. The first kappa shape index (κ1) is 12.1. The highest BCUT2D eigenvalue weighted by atomic mass is 35.5. The van der Waals surface area contributed by atoms with Gasteiger partial charge in [-0.3, -0.25) is 0 Å². The molecule has 2 N–H and O–H groups in total. The number of ether oxygens (including phenoxy) is 2. The summed E-state index contributed by atoms with van der Waals surface area (Å²) in [5.74, 6) is 0.334. The van der Waals surface area contributed by atoms with E-state index in [-0.39, 0.29) is 24.2 Å². The number of fused-ring (bicyclic) bond motifs is 1. The van der Waals surface area contributed by atoms with E-state index < -0.39 is 5.82 Å². The molecule has 0 spiro atoms. The van der Waals surface area contributed by atoms with Crippen LogP contribution in [0.2, 0.25) is 0 Å². The molecule has 1 aromatic carbocycles. The fourth-order valence-corrected chi connectivity index (χ4v) is 1.58. The molecule has 1 heterocycles. The van der Waals surface area contributed by atoms with Crippen molar-refractivity contribution < 1.29 is 13.9 Å². The van der Waals surface area contributed by atoms with E-state index in [2.05, 4.69) is 0 Å². The highest BCUT2D eigenvalue weighted by Crippen LogP contribution is 2.35. The van der Waals surface area contributed by atoms with Crippen molar-refractivity contribution in [3.05, 3.63) is 23.5 Å². The van der Waals surface area contributed by atoms with E-state index >= 15 is 0 Å². The zero-order chi connectivity index (χ0) is 10.1. The normalized spacial score (nSPS) is 18.5. The Balaban J connectivity index is 0.00000112. The van der Waals surface area contributed by atoms with Gasteiger partial charge in [0.2, 0.25) is 0 Å². The maximum atomic E-state index is 13.4. The zero-order valence-electron chi connectivity index (χ0n) is 8.33. The molecule has 0 aromatic heterocycles. The topological polar surface area (TPSA) is 44.5 Å². The van der Waals surface area contributed by atoms with Gasteiger partial charge in [-0.15, -0.1) is 12.4 Å². The SMILES string of the molecule is COc1cc(F)c2c(c1)[C@@H](N)CCO2.Cl. The summed E-state index contributed by atoms with van der Waals surface area (Å²) in [6, 6.07) is 2.86. The molecule has 0 fully saturated rings. The van der Waals surface area contributed by atoms with Crippen LogP contribution in [0.1, 0.15) is 18.0 Å². The molecular formula is C10H13ClFNO2. The van der Waals surface area contributed by atoms with Crippen LogP contribution in [0.25, 0.3) is 0 Å². The van der Waals surface area contributed by atoms with Gasteiger partial charge in [-0.1, -0.05) is 0 Å². The lowest BCUT2D eigenvalue weighted by molar-refractivity contribution is 0.254. The van der Waals surface area contributed by atoms with E-state index in [1.807, 2.05) is 0 Å². The van der Waals surface area contributed by atoms with Crippen molar-refractivity contribution in [1.29, 1.82) is 0 Å². The van der Waals surface area contributed by atoms with Crippen LogP contribution >= 0.6 is 12.4 Å². The van der Waals surface area contributed by atoms with E-state index in [0.29, 0.717) is 24.3 Å². The quantitative estimate of drug-likeness (QED) is 0.807. The Kier molecular flexibility index (Phi) is 3.77. The van der Waals surface area contributed by atoms with Gasteiger partial charge in [-0.25, -0.2) is 4.39 Å². The molecule has 15 heavy (non-hydrogen) atoms. The van der Waals surface area contributed by atoms with Crippen molar-refractivity contribution in [2.45, 2.75) is 12.5 Å². The molecule has 0 amide bonds. The third-order valence-electron chi connectivity index (χ3n) is 2.36. The van der Waals surface area contributed by atoms with Crippen molar-refractivity contribution >= 4 is 12.4 Å². The van der Waals surface area contributed by atoms with E-state index in [4.69, 9.17) is 15.2 Å². The Morgan fingerprint density at radius 1 is 1.53 bits per heavy atom. The fraction of sp³-hybridized carbons (Fsp3) is 0.400. The summed E-state index contributed by atoms with van der Waals surface area (Å²) in [4.78, 5) is 0. The van der Waals surface area contributed by atoms with Gasteiger partial charge in [0.1, 0.15) is 5.75 Å². The van der Waals surface area contributed by atoms with Gasteiger partial charge in [-0.2, -0.15) is 0 Å². The molecule has 0 bridgehead atoms. The van der Waals surface area contributed by atoms with Gasteiger partial charge in [0, 0.05) is 24.1 Å². The summed E-state index contributed by atoms with van der Waals surface area (Å²) in [6.45, 7) is 0.470. The molecular weight excluding hydrogens is 221 g/mol. The smallest absolute Gasteiger partial charge is 0.169 e. The van der Waals surface area contributed by atoms with Crippen molar-refractivity contribution in [1.82, 2.24) is 0 Å². The number of hydrogen-bond donors (Lipinski definition) is 1. The second-order valence-electron chi connectivity index (χ2n) is 3.27. The Hall–Kier alpha value is -1.00. The van der Waals surface area contributed by atoms with Crippen LogP contribution < -0.4 is 15.2 Å². The van der Waals surface area contributed by atoms with Gasteiger partial charge < -0.3 is 15.2 Å². The second kappa shape index (κ2) is 4.68. The summed E-state index contributed by atoms with van der Waals surface area (Å²) in [7, 11) is 1.50. The Bertz CT molecular complexity index is 360. The lowest BCUT2D eigenvalue weighted by Gasteiger charge is -2.23. The van der Waals surface area contributed by atoms with Crippen molar-refractivity contribution in [2.75, 3.05) is 13.7 Å². The van der Waals surface area contributed by atoms with Gasteiger partial charge in [-0.05, 0) is 6.07 Å². The lowest BCUT2D eigenvalue weighted by Crippen LogP contribution is -2.21. The third kappa shape index (κ3) is 2.16. The summed E-state index contributed by atoms with van der Waals surface area (Å²) >= 11 is 0. The van der Waals surface area contributed by atoms with Crippen molar-refractivity contribution in [2.24, 2.45) is 5.73 Å². The molecule has 84 valence electrons. The van der Waals surface area contributed by atoms with Gasteiger partial charge in [0.05, 0.1) is 13.7 Å². The molecule has 2 rings (SSSR count). The predicted octanol–water partition coefficient (Wildman–Crippen LogP) is 2.04. The van der Waals surface area contributed by atoms with Crippen molar-refractivity contribution in [3.63, 3.8) is 0 Å². The highest BCUT2D eigenvalue weighted by Gasteiger charge is 2.22. The average Bonchev–Trinajstić information content (AvgIpc) is 2.19. The van der Waals surface area contributed by atoms with E-state index in [0.717, 1.165) is 0 Å². The van der Waals surface area contributed by atoms with Crippen molar-refractivity contribution in [3.8, 4) is 11.5 Å². The number of halogens is 2. The first-order valence-corrected chi connectivity index (χ1v) is 4.48. The molecule has 5 heteroatoms. The van der Waals surface area contributed by atoms with E-state index in [9.17, 15) is 4.39 Å². The molecule has 1 atom stereocenters.